The molecule has 2 aromatic rings. The molecular formula is C23H32FN8O13P. The second-order valence-electron chi connectivity index (χ2n) is 10.2. The maximum atomic E-state index is 16.2. The molecular weight excluding hydrogens is 646 g/mol. The monoisotopic (exact) mass is 678 g/mol. The van der Waals surface area contributed by atoms with Crippen LogP contribution < -0.4 is 10.5 Å². The molecule has 2 aromatic heterocycles. The molecule has 0 bridgehead atoms. The van der Waals surface area contributed by atoms with E-state index in [2.05, 4.69) is 34.5 Å². The lowest BCUT2D eigenvalue weighted by Gasteiger charge is -2.25. The fraction of sp³-hybridized carbons (Fsp3) is 0.696. The second kappa shape index (κ2) is 13.8. The Bertz CT molecular complexity index is 1510. The molecule has 0 radical (unpaired) electrons. The van der Waals surface area contributed by atoms with Crippen LogP contribution in [-0.2, 0) is 41.8 Å². The number of anilines is 1. The van der Waals surface area contributed by atoms with E-state index in [4.69, 9.17) is 43.8 Å². The van der Waals surface area contributed by atoms with E-state index >= 15 is 4.39 Å². The van der Waals surface area contributed by atoms with Crippen molar-refractivity contribution in [3.63, 3.8) is 0 Å². The average Bonchev–Trinajstić information content (AvgIpc) is 3.20. The van der Waals surface area contributed by atoms with Crippen molar-refractivity contribution < 1.29 is 65.6 Å². The lowest BCUT2D eigenvalue weighted by Crippen LogP contribution is -2.34. The van der Waals surface area contributed by atoms with Gasteiger partial charge in [-0.3, -0.25) is 9.09 Å². The Morgan fingerprint density at radius 1 is 1.20 bits per heavy atom. The van der Waals surface area contributed by atoms with Crippen molar-refractivity contribution in [1.82, 2.24) is 19.5 Å². The number of halogens is 1. The number of phosphoric acid groups is 1. The van der Waals surface area contributed by atoms with Gasteiger partial charge in [0, 0.05) is 4.91 Å². The maximum Gasteiger partial charge on any atom is 0.510 e. The third-order valence-corrected chi connectivity index (χ3v) is 7.74. The molecule has 1 saturated carbocycles. The van der Waals surface area contributed by atoms with Crippen LogP contribution in [0.15, 0.2) is 11.4 Å². The number of nitrogen functional groups attached to an aromatic ring is 1. The number of hydrogen-bond acceptors (Lipinski definition) is 18. The summed E-state index contributed by atoms with van der Waals surface area (Å²) in [6.45, 7) is 5.15. The van der Waals surface area contributed by atoms with Crippen LogP contribution in [-0.4, -0.2) is 99.4 Å². The Labute approximate surface area is 259 Å². The van der Waals surface area contributed by atoms with Gasteiger partial charge in [0.05, 0.1) is 31.7 Å². The van der Waals surface area contributed by atoms with E-state index in [1.807, 2.05) is 0 Å². The number of carbonyl (C=O) groups is 2. The molecule has 46 heavy (non-hydrogen) atoms. The van der Waals surface area contributed by atoms with Gasteiger partial charge in [-0.05, 0) is 40.1 Å². The van der Waals surface area contributed by atoms with Gasteiger partial charge in [0.15, 0.2) is 29.2 Å². The highest BCUT2D eigenvalue weighted by Crippen LogP contribution is 2.69. The molecule has 5 atom stereocenters. The highest BCUT2D eigenvalue weighted by molar-refractivity contribution is 7.48. The van der Waals surface area contributed by atoms with Gasteiger partial charge in [0.2, 0.25) is 25.4 Å². The number of fused-ring (bicyclic) bond motifs is 2. The summed E-state index contributed by atoms with van der Waals surface area (Å²) in [5.74, 6) is -0.213. The smallest absolute Gasteiger partial charge is 0.476 e. The normalized spacial score (nSPS) is 25.2. The first-order valence-electron chi connectivity index (χ1n) is 13.6. The number of rotatable bonds is 15. The quantitative estimate of drug-likeness (QED) is 0.0683. The topological polar surface area (TPSA) is 273 Å². The van der Waals surface area contributed by atoms with E-state index in [0.717, 1.165) is 10.9 Å². The van der Waals surface area contributed by atoms with E-state index in [-0.39, 0.29) is 29.6 Å². The van der Waals surface area contributed by atoms with Crippen molar-refractivity contribution in [2.45, 2.75) is 76.5 Å². The molecule has 254 valence electrons. The first kappa shape index (κ1) is 34.8. The van der Waals surface area contributed by atoms with Crippen LogP contribution in [0.25, 0.3) is 21.6 Å². The second-order valence-corrected chi connectivity index (χ2v) is 11.8. The van der Waals surface area contributed by atoms with Gasteiger partial charge in [0.25, 0.3) is 0 Å². The summed E-state index contributed by atoms with van der Waals surface area (Å²) in [5, 5.41) is 14.9. The summed E-state index contributed by atoms with van der Waals surface area (Å²) in [6, 6.07) is 0. The summed E-state index contributed by atoms with van der Waals surface area (Å²) in [7, 11) is -5.01. The number of nitrogens with two attached hydrogens (primary N) is 1. The van der Waals surface area contributed by atoms with Gasteiger partial charge in [-0.1, -0.05) is 5.11 Å². The van der Waals surface area contributed by atoms with E-state index in [0.29, 0.717) is 0 Å². The molecule has 2 fully saturated rings. The van der Waals surface area contributed by atoms with Crippen molar-refractivity contribution in [3.8, 4) is 5.88 Å². The third-order valence-electron chi connectivity index (χ3n) is 6.42. The number of phosphoric ester groups is 1. The molecule has 1 saturated heterocycles. The van der Waals surface area contributed by atoms with Crippen LogP contribution >= 0.6 is 7.82 Å². The van der Waals surface area contributed by atoms with E-state index in [1.165, 1.54) is 27.7 Å². The molecule has 3 N–H and O–H groups in total. The Hall–Kier alpha value is -4.04. The Balaban J connectivity index is 1.59. The van der Waals surface area contributed by atoms with Crippen molar-refractivity contribution in [2.75, 3.05) is 32.5 Å². The van der Waals surface area contributed by atoms with Gasteiger partial charge < -0.3 is 39.3 Å². The highest BCUT2D eigenvalue weighted by atomic mass is 31.2. The van der Waals surface area contributed by atoms with Crippen molar-refractivity contribution in [2.24, 2.45) is 5.11 Å². The van der Waals surface area contributed by atoms with Gasteiger partial charge >= 0.3 is 20.1 Å². The fourth-order valence-corrected chi connectivity index (χ4v) is 5.69. The largest absolute Gasteiger partial charge is 0.510 e. The molecule has 0 amide bonds. The SMILES string of the molecule is CCOc1nc(N)nc2c1ncn2[C@@H]1OC2(CN=[N+]=[N-])C(OP(=O)(OCOC(=O)OC(C)C)OCOC(=O)OC(C)C)[C@]2(O)[C@H]1F. The molecule has 2 unspecified atom stereocenters. The Kier molecular flexibility index (Phi) is 10.4. The molecule has 1 aliphatic heterocycles. The van der Waals surface area contributed by atoms with Gasteiger partial charge in [0.1, 0.15) is 11.7 Å². The summed E-state index contributed by atoms with van der Waals surface area (Å²) in [4.78, 5) is 38.3. The molecule has 1 aliphatic carbocycles. The molecule has 4 rings (SSSR count). The Morgan fingerprint density at radius 3 is 2.35 bits per heavy atom. The first-order chi connectivity index (χ1) is 21.7. The average molecular weight is 679 g/mol. The van der Waals surface area contributed by atoms with Crippen LogP contribution in [0.4, 0.5) is 19.9 Å². The number of imidazole rings is 1. The minimum Gasteiger partial charge on any atom is -0.476 e. The van der Waals surface area contributed by atoms with Crippen LogP contribution in [0.2, 0.25) is 0 Å². The molecule has 3 heterocycles. The molecule has 0 aromatic carbocycles. The number of carbonyl (C=O) groups excluding carboxylic acids is 2. The molecule has 0 spiro atoms. The standard InChI is InChI=1S/C23H32FN8O13P/c1-6-37-16-13-15(29-19(25)30-16)32(8-27-13)17-14(24)23(35)18(22(23,44-17)7-28-31-26)45-46(36,40-9-38-20(33)42-11(2)3)41-10-39-21(34)43-12(4)5/h8,11-12,14,17-18,35H,6-7,9-10H2,1-5H3,(H2,25,29,30)/t14-,17+,18?,22?,23+/m0/s1. The van der Waals surface area contributed by atoms with Crippen molar-refractivity contribution >= 4 is 37.2 Å². The van der Waals surface area contributed by atoms with Gasteiger partial charge in [-0.25, -0.2) is 32.6 Å². The zero-order valence-corrected chi connectivity index (χ0v) is 26.1. The molecule has 21 nitrogen and oxygen atoms in total. The van der Waals surface area contributed by atoms with Crippen molar-refractivity contribution in [3.05, 3.63) is 16.8 Å². The van der Waals surface area contributed by atoms with E-state index in [9.17, 15) is 19.3 Å². The van der Waals surface area contributed by atoms with Crippen molar-refractivity contribution in [1.29, 1.82) is 0 Å². The predicted molar refractivity (Wildman–Crippen MR) is 147 cm³/mol. The number of ether oxygens (including phenoxy) is 6. The predicted octanol–water partition coefficient (Wildman–Crippen LogP) is 3.03. The van der Waals surface area contributed by atoms with Crippen LogP contribution in [0, 0.1) is 0 Å². The number of hydrogen-bond donors (Lipinski definition) is 2. The maximum absolute atomic E-state index is 16.2. The number of azide groups is 1. The third kappa shape index (κ3) is 6.87. The van der Waals surface area contributed by atoms with Crippen LogP contribution in [0.1, 0.15) is 40.8 Å². The summed E-state index contributed by atoms with van der Waals surface area (Å²) in [6.07, 6.45) is -8.32. The zero-order chi connectivity index (χ0) is 33.9. The lowest BCUT2D eigenvalue weighted by atomic mass is 10.1. The summed E-state index contributed by atoms with van der Waals surface area (Å²) in [5.41, 5.74) is 10.1. The summed E-state index contributed by atoms with van der Waals surface area (Å²) >= 11 is 0. The number of nitrogens with zero attached hydrogens (tertiary/aromatic N) is 7. The summed E-state index contributed by atoms with van der Waals surface area (Å²) < 4.78 is 76.6. The first-order valence-corrected chi connectivity index (χ1v) is 15.1. The number of alkyl halides is 1. The Morgan fingerprint density at radius 2 is 1.80 bits per heavy atom. The minimum absolute atomic E-state index is 0.0141. The molecule has 23 heteroatoms. The molecule has 2 aliphatic rings. The van der Waals surface area contributed by atoms with Crippen LogP contribution in [0.3, 0.4) is 0 Å². The lowest BCUT2D eigenvalue weighted by molar-refractivity contribution is -0.0952. The highest BCUT2D eigenvalue weighted by Gasteiger charge is 2.90. The van der Waals surface area contributed by atoms with E-state index in [1.54, 1.807) is 6.92 Å². The van der Waals surface area contributed by atoms with E-state index < -0.39 is 82.2 Å². The zero-order valence-electron chi connectivity index (χ0n) is 25.2. The van der Waals surface area contributed by atoms with Gasteiger partial charge in [-0.2, -0.15) is 9.97 Å². The fourth-order valence-electron chi connectivity index (χ4n) is 4.54. The number of aromatic nitrogens is 4. The minimum atomic E-state index is -5.01. The van der Waals surface area contributed by atoms with Gasteiger partial charge in [-0.15, -0.1) is 0 Å². The van der Waals surface area contributed by atoms with Crippen LogP contribution in [0.5, 0.6) is 5.88 Å². The number of aliphatic hydroxyl groups is 1.